The van der Waals surface area contributed by atoms with E-state index in [1.54, 1.807) is 24.4 Å². The average Bonchev–Trinajstić information content (AvgIpc) is 3.15. The van der Waals surface area contributed by atoms with Crippen molar-refractivity contribution in [1.82, 2.24) is 20.2 Å². The number of nitriles is 1. The minimum atomic E-state index is -0.815. The van der Waals surface area contributed by atoms with Gasteiger partial charge in [0.15, 0.2) is 6.04 Å². The van der Waals surface area contributed by atoms with Gasteiger partial charge in [-0.3, -0.25) is 14.6 Å². The molecule has 31 heavy (non-hydrogen) atoms. The van der Waals surface area contributed by atoms with Gasteiger partial charge in [-0.05, 0) is 37.1 Å². The predicted octanol–water partition coefficient (Wildman–Crippen LogP) is 3.24. The highest BCUT2D eigenvalue weighted by Crippen LogP contribution is 2.26. The van der Waals surface area contributed by atoms with Crippen molar-refractivity contribution in [1.29, 1.82) is 5.26 Å². The van der Waals surface area contributed by atoms with Crippen molar-refractivity contribution >= 4 is 22.7 Å². The number of nitrogens with one attached hydrogen (secondary N) is 2. The Morgan fingerprint density at radius 1 is 1.16 bits per heavy atom. The number of aryl methyl sites for hydroxylation is 1. The second-order valence-corrected chi connectivity index (χ2v) is 7.94. The first-order chi connectivity index (χ1) is 15.1. The standard InChI is InChI=1S/C24H25N5O2/c1-29-21-12-5-2-8-16(21)14-22(29)24(31)27-18-10-4-3-9-17(18)23(30)28-20(15-25)19-11-6-7-13-26-19/h2,5-8,11-14,17-18,20H,3-4,9-10H2,1H3,(H,27,31)(H,28,30). The van der Waals surface area contributed by atoms with Gasteiger partial charge in [0.25, 0.3) is 5.91 Å². The number of hydrogen-bond donors (Lipinski definition) is 2. The molecule has 0 bridgehead atoms. The molecule has 1 aliphatic rings. The van der Waals surface area contributed by atoms with E-state index in [1.807, 2.05) is 41.9 Å². The quantitative estimate of drug-likeness (QED) is 0.668. The van der Waals surface area contributed by atoms with Crippen LogP contribution in [0.4, 0.5) is 0 Å². The Morgan fingerprint density at radius 2 is 1.94 bits per heavy atom. The van der Waals surface area contributed by atoms with E-state index >= 15 is 0 Å². The zero-order valence-electron chi connectivity index (χ0n) is 17.4. The molecule has 3 atom stereocenters. The fraction of sp³-hybridized carbons (Fsp3) is 0.333. The highest BCUT2D eigenvalue weighted by molar-refractivity contribution is 5.99. The van der Waals surface area contributed by atoms with Gasteiger partial charge in [-0.1, -0.05) is 37.1 Å². The summed E-state index contributed by atoms with van der Waals surface area (Å²) in [6.45, 7) is 0. The third kappa shape index (κ3) is 4.29. The number of rotatable bonds is 5. The van der Waals surface area contributed by atoms with E-state index in [0.717, 1.165) is 30.2 Å². The average molecular weight is 415 g/mol. The van der Waals surface area contributed by atoms with Gasteiger partial charge in [0.1, 0.15) is 5.69 Å². The Balaban J connectivity index is 1.49. The lowest BCUT2D eigenvalue weighted by atomic mass is 9.83. The molecule has 7 nitrogen and oxygen atoms in total. The first kappa shape index (κ1) is 20.6. The molecule has 4 rings (SSSR count). The van der Waals surface area contributed by atoms with Gasteiger partial charge in [-0.15, -0.1) is 0 Å². The first-order valence-electron chi connectivity index (χ1n) is 10.5. The molecule has 0 radical (unpaired) electrons. The molecule has 2 heterocycles. The van der Waals surface area contributed by atoms with Gasteiger partial charge in [0.05, 0.1) is 17.7 Å². The number of carbonyl (C=O) groups is 2. The zero-order valence-corrected chi connectivity index (χ0v) is 17.4. The maximum Gasteiger partial charge on any atom is 0.268 e. The van der Waals surface area contributed by atoms with Crippen LogP contribution in [0, 0.1) is 17.2 Å². The summed E-state index contributed by atoms with van der Waals surface area (Å²) in [4.78, 5) is 30.3. The number of hydrogen-bond acceptors (Lipinski definition) is 4. The number of fused-ring (bicyclic) bond motifs is 1. The van der Waals surface area contributed by atoms with Gasteiger partial charge in [0, 0.05) is 30.2 Å². The summed E-state index contributed by atoms with van der Waals surface area (Å²) < 4.78 is 1.87. The smallest absolute Gasteiger partial charge is 0.268 e. The minimum Gasteiger partial charge on any atom is -0.347 e. The summed E-state index contributed by atoms with van der Waals surface area (Å²) in [5.41, 5.74) is 2.05. The molecule has 1 aromatic carbocycles. The second-order valence-electron chi connectivity index (χ2n) is 7.94. The van der Waals surface area contributed by atoms with Crippen LogP contribution in [-0.2, 0) is 11.8 Å². The summed E-state index contributed by atoms with van der Waals surface area (Å²) in [5.74, 6) is -0.795. The highest BCUT2D eigenvalue weighted by Gasteiger charge is 2.34. The molecule has 2 N–H and O–H groups in total. The van der Waals surface area contributed by atoms with Crippen LogP contribution in [0.2, 0.25) is 0 Å². The third-order valence-electron chi connectivity index (χ3n) is 6.00. The lowest BCUT2D eigenvalue weighted by Gasteiger charge is -2.31. The van der Waals surface area contributed by atoms with Gasteiger partial charge in [-0.2, -0.15) is 5.26 Å². The molecule has 1 saturated carbocycles. The van der Waals surface area contributed by atoms with E-state index in [4.69, 9.17) is 0 Å². The molecule has 7 heteroatoms. The molecule has 1 aliphatic carbocycles. The Labute approximate surface area is 181 Å². The van der Waals surface area contributed by atoms with Crippen molar-refractivity contribution in [3.63, 3.8) is 0 Å². The van der Waals surface area contributed by atoms with E-state index in [1.165, 1.54) is 0 Å². The molecular weight excluding hydrogens is 390 g/mol. The lowest BCUT2D eigenvalue weighted by Crippen LogP contribution is -2.49. The van der Waals surface area contributed by atoms with Gasteiger partial charge >= 0.3 is 0 Å². The summed E-state index contributed by atoms with van der Waals surface area (Å²) in [6, 6.07) is 16.0. The number of nitrogens with zero attached hydrogens (tertiary/aromatic N) is 3. The molecule has 2 amide bonds. The van der Waals surface area contributed by atoms with Crippen LogP contribution in [0.5, 0.6) is 0 Å². The number of pyridine rings is 1. The first-order valence-corrected chi connectivity index (χ1v) is 10.5. The molecule has 3 unspecified atom stereocenters. The van der Waals surface area contributed by atoms with Gasteiger partial charge in [0.2, 0.25) is 5.91 Å². The zero-order chi connectivity index (χ0) is 21.8. The third-order valence-corrected chi connectivity index (χ3v) is 6.00. The number of benzene rings is 1. The molecule has 158 valence electrons. The topological polar surface area (TPSA) is 99.8 Å². The largest absolute Gasteiger partial charge is 0.347 e. The van der Waals surface area contributed by atoms with Crippen LogP contribution in [-0.4, -0.2) is 27.4 Å². The molecule has 2 aromatic heterocycles. The highest BCUT2D eigenvalue weighted by atomic mass is 16.2. The van der Waals surface area contributed by atoms with E-state index < -0.39 is 6.04 Å². The minimum absolute atomic E-state index is 0.190. The molecule has 3 aromatic rings. The SMILES string of the molecule is Cn1c(C(=O)NC2CCCCC2C(=O)NC(C#N)c2ccccn2)cc2ccccc21. The number of amides is 2. The van der Waals surface area contributed by atoms with Crippen molar-refractivity contribution in [3.05, 3.63) is 66.1 Å². The molecule has 1 fully saturated rings. The summed E-state index contributed by atoms with van der Waals surface area (Å²) >= 11 is 0. The molecule has 0 saturated heterocycles. The Bertz CT molecular complexity index is 1130. The van der Waals surface area contributed by atoms with Crippen molar-refractivity contribution < 1.29 is 9.59 Å². The Hall–Kier alpha value is -3.66. The Kier molecular flexibility index (Phi) is 5.99. The predicted molar refractivity (Wildman–Crippen MR) is 117 cm³/mol. The van der Waals surface area contributed by atoms with Crippen LogP contribution in [0.25, 0.3) is 10.9 Å². The Morgan fingerprint density at radius 3 is 2.68 bits per heavy atom. The van der Waals surface area contributed by atoms with E-state index in [2.05, 4.69) is 21.7 Å². The van der Waals surface area contributed by atoms with Crippen molar-refractivity contribution in [2.75, 3.05) is 0 Å². The molecular formula is C24H25N5O2. The fourth-order valence-corrected chi connectivity index (χ4v) is 4.33. The van der Waals surface area contributed by atoms with Gasteiger partial charge < -0.3 is 15.2 Å². The maximum absolute atomic E-state index is 13.0. The fourth-order valence-electron chi connectivity index (χ4n) is 4.33. The summed E-state index contributed by atoms with van der Waals surface area (Å²) in [5, 5.41) is 16.4. The van der Waals surface area contributed by atoms with Crippen molar-refractivity contribution in [2.24, 2.45) is 13.0 Å². The van der Waals surface area contributed by atoms with Crippen LogP contribution in [0.1, 0.15) is 47.9 Å². The van der Waals surface area contributed by atoms with E-state index in [0.29, 0.717) is 17.8 Å². The lowest BCUT2D eigenvalue weighted by molar-refractivity contribution is -0.127. The monoisotopic (exact) mass is 415 g/mol. The van der Waals surface area contributed by atoms with Gasteiger partial charge in [-0.25, -0.2) is 0 Å². The van der Waals surface area contributed by atoms with Crippen LogP contribution in [0.3, 0.4) is 0 Å². The van der Waals surface area contributed by atoms with Crippen molar-refractivity contribution in [3.8, 4) is 6.07 Å². The van der Waals surface area contributed by atoms with Crippen LogP contribution >= 0.6 is 0 Å². The summed E-state index contributed by atoms with van der Waals surface area (Å²) in [7, 11) is 1.87. The van der Waals surface area contributed by atoms with E-state index in [-0.39, 0.29) is 23.8 Å². The molecule has 0 spiro atoms. The number of aromatic nitrogens is 2. The van der Waals surface area contributed by atoms with Crippen molar-refractivity contribution in [2.45, 2.75) is 37.8 Å². The second kappa shape index (κ2) is 9.00. The van der Waals surface area contributed by atoms with Crippen LogP contribution < -0.4 is 10.6 Å². The normalized spacial score (nSPS) is 19.4. The van der Waals surface area contributed by atoms with E-state index in [9.17, 15) is 14.9 Å². The molecule has 0 aliphatic heterocycles. The number of carbonyl (C=O) groups excluding carboxylic acids is 2. The maximum atomic E-state index is 13.0. The van der Waals surface area contributed by atoms with Crippen LogP contribution in [0.15, 0.2) is 54.7 Å². The number of para-hydroxylation sites is 1. The summed E-state index contributed by atoms with van der Waals surface area (Å²) in [6.07, 6.45) is 4.87.